The van der Waals surface area contributed by atoms with Crippen LogP contribution in [-0.2, 0) is 9.59 Å². The number of anilines is 1. The number of piperazine rings is 1. The molecule has 0 aromatic heterocycles. The molecule has 1 saturated carbocycles. The SMILES string of the molecule is N#Cc1ccc(O[C@H]2CC[C@H](NC(=O)c3ccc(N4CCN(CCOc5ccc6c(c5)C(=O)N(C5CCC(=O)NC5=O)C6=O)CC4)cc3)CC2)cc1Cl. The first kappa shape index (κ1) is 35.9. The molecule has 3 fully saturated rings. The van der Waals surface area contributed by atoms with Gasteiger partial charge in [0.15, 0.2) is 0 Å². The molecule has 14 heteroatoms. The molecule has 1 atom stereocenters. The van der Waals surface area contributed by atoms with Gasteiger partial charge in [0.2, 0.25) is 11.8 Å². The number of hydrogen-bond donors (Lipinski definition) is 2. The highest BCUT2D eigenvalue weighted by molar-refractivity contribution is 6.31. The van der Waals surface area contributed by atoms with E-state index in [1.165, 1.54) is 0 Å². The van der Waals surface area contributed by atoms with Gasteiger partial charge in [-0.25, -0.2) is 0 Å². The number of hydrogen-bond acceptors (Lipinski definition) is 10. The van der Waals surface area contributed by atoms with Crippen molar-refractivity contribution in [2.75, 3.05) is 44.2 Å². The summed E-state index contributed by atoms with van der Waals surface area (Å²) in [4.78, 5) is 68.5. The third-order valence-corrected chi connectivity index (χ3v) is 10.6. The lowest BCUT2D eigenvalue weighted by Gasteiger charge is -2.36. The van der Waals surface area contributed by atoms with E-state index in [-0.39, 0.29) is 42.0 Å². The third kappa shape index (κ3) is 7.99. The maximum Gasteiger partial charge on any atom is 0.262 e. The van der Waals surface area contributed by atoms with E-state index in [4.69, 9.17) is 26.3 Å². The van der Waals surface area contributed by atoms with Crippen LogP contribution in [0.2, 0.25) is 5.02 Å². The summed E-state index contributed by atoms with van der Waals surface area (Å²) in [5.74, 6) is -1.14. The van der Waals surface area contributed by atoms with E-state index in [1.54, 1.807) is 36.4 Å². The summed E-state index contributed by atoms with van der Waals surface area (Å²) in [6, 6.07) is 18.7. The smallest absolute Gasteiger partial charge is 0.262 e. The molecule has 13 nitrogen and oxygen atoms in total. The van der Waals surface area contributed by atoms with Gasteiger partial charge in [-0.05, 0) is 86.7 Å². The molecule has 53 heavy (non-hydrogen) atoms. The normalized spacial score (nSPS) is 21.8. The zero-order valence-electron chi connectivity index (χ0n) is 29.0. The molecule has 7 rings (SSSR count). The van der Waals surface area contributed by atoms with Gasteiger partial charge >= 0.3 is 0 Å². The van der Waals surface area contributed by atoms with Crippen LogP contribution in [0.5, 0.6) is 11.5 Å². The first-order chi connectivity index (χ1) is 25.7. The molecule has 3 heterocycles. The fourth-order valence-electron chi connectivity index (χ4n) is 7.33. The quantitative estimate of drug-likeness (QED) is 0.292. The molecule has 3 aromatic carbocycles. The van der Waals surface area contributed by atoms with Crippen LogP contribution in [0, 0.1) is 11.3 Å². The van der Waals surface area contributed by atoms with Crippen molar-refractivity contribution in [3.05, 3.63) is 87.9 Å². The molecule has 0 spiro atoms. The summed E-state index contributed by atoms with van der Waals surface area (Å²) >= 11 is 6.14. The number of nitriles is 1. The van der Waals surface area contributed by atoms with Crippen LogP contribution in [0.15, 0.2) is 60.7 Å². The van der Waals surface area contributed by atoms with Crippen molar-refractivity contribution in [2.45, 2.75) is 56.7 Å². The second-order valence-corrected chi connectivity index (χ2v) is 14.1. The van der Waals surface area contributed by atoms with E-state index in [9.17, 15) is 24.0 Å². The summed E-state index contributed by atoms with van der Waals surface area (Å²) in [5, 5.41) is 14.8. The molecule has 0 bridgehead atoms. The van der Waals surface area contributed by atoms with Crippen molar-refractivity contribution in [1.82, 2.24) is 20.4 Å². The number of halogens is 1. The summed E-state index contributed by atoms with van der Waals surface area (Å²) in [6.07, 6.45) is 3.45. The lowest BCUT2D eigenvalue weighted by molar-refractivity contribution is -0.136. The van der Waals surface area contributed by atoms with Crippen LogP contribution in [0.25, 0.3) is 0 Å². The maximum absolute atomic E-state index is 13.1. The summed E-state index contributed by atoms with van der Waals surface area (Å²) in [6.45, 7) is 4.36. The predicted octanol–water partition coefficient (Wildman–Crippen LogP) is 3.93. The number of carbonyl (C=O) groups excluding carboxylic acids is 5. The zero-order chi connectivity index (χ0) is 37.1. The van der Waals surface area contributed by atoms with Crippen LogP contribution in [0.4, 0.5) is 5.69 Å². The van der Waals surface area contributed by atoms with Gasteiger partial charge in [-0.2, -0.15) is 5.26 Å². The van der Waals surface area contributed by atoms with E-state index in [2.05, 4.69) is 20.4 Å². The lowest BCUT2D eigenvalue weighted by atomic mass is 9.92. The number of imide groups is 2. The van der Waals surface area contributed by atoms with Gasteiger partial charge < -0.3 is 19.7 Å². The molecular formula is C39H39ClN6O7. The van der Waals surface area contributed by atoms with Crippen molar-refractivity contribution < 1.29 is 33.4 Å². The summed E-state index contributed by atoms with van der Waals surface area (Å²) < 4.78 is 12.0. The number of ether oxygens (including phenoxy) is 2. The molecule has 1 unspecified atom stereocenters. The summed E-state index contributed by atoms with van der Waals surface area (Å²) in [5.41, 5.74) is 2.50. The number of amides is 5. The molecule has 274 valence electrons. The van der Waals surface area contributed by atoms with Crippen LogP contribution < -0.4 is 25.0 Å². The highest BCUT2D eigenvalue weighted by atomic mass is 35.5. The van der Waals surface area contributed by atoms with E-state index in [0.717, 1.165) is 62.4 Å². The standard InChI is InChI=1S/C39H39ClN6O7/c40-33-22-30(8-3-25(33)23-41)53-28-9-4-26(5-10-28)42-36(48)24-1-6-27(7-2-24)45-17-15-44(16-18-45)19-20-52-29-11-12-31-32(21-29)39(51)46(38(31)50)34-13-14-35(47)43-37(34)49/h1-3,6-8,11-12,21-22,26,28,34H,4-5,9-10,13-20H2,(H,42,48)(H,43,47,49)/t26-,28-,34?. The van der Waals surface area contributed by atoms with Gasteiger partial charge in [-0.15, -0.1) is 0 Å². The van der Waals surface area contributed by atoms with Gasteiger partial charge in [0.1, 0.15) is 30.2 Å². The number of fused-ring (bicyclic) bond motifs is 1. The average Bonchev–Trinajstić information content (AvgIpc) is 3.41. The van der Waals surface area contributed by atoms with Crippen molar-refractivity contribution in [3.8, 4) is 17.6 Å². The predicted molar refractivity (Wildman–Crippen MR) is 194 cm³/mol. The molecule has 1 aliphatic carbocycles. The number of benzene rings is 3. The van der Waals surface area contributed by atoms with Crippen molar-refractivity contribution in [1.29, 1.82) is 5.26 Å². The molecule has 2 N–H and O–H groups in total. The Morgan fingerprint density at radius 2 is 1.58 bits per heavy atom. The average molecular weight is 739 g/mol. The fourth-order valence-corrected chi connectivity index (χ4v) is 7.54. The van der Waals surface area contributed by atoms with Gasteiger partial charge in [-0.3, -0.25) is 39.1 Å². The number of rotatable bonds is 10. The van der Waals surface area contributed by atoms with Gasteiger partial charge in [0.05, 0.1) is 27.8 Å². The third-order valence-electron chi connectivity index (χ3n) is 10.3. The van der Waals surface area contributed by atoms with Crippen LogP contribution in [-0.4, -0.2) is 96.9 Å². The van der Waals surface area contributed by atoms with E-state index in [0.29, 0.717) is 40.8 Å². The first-order valence-electron chi connectivity index (χ1n) is 17.9. The monoisotopic (exact) mass is 738 g/mol. The molecule has 3 aliphatic heterocycles. The van der Waals surface area contributed by atoms with Crippen molar-refractivity contribution in [2.24, 2.45) is 0 Å². The van der Waals surface area contributed by atoms with Crippen LogP contribution in [0.1, 0.15) is 75.2 Å². The number of nitrogens with zero attached hydrogens (tertiary/aromatic N) is 4. The number of piperidine rings is 1. The van der Waals surface area contributed by atoms with Crippen molar-refractivity contribution in [3.63, 3.8) is 0 Å². The lowest BCUT2D eigenvalue weighted by Crippen LogP contribution is -2.54. The maximum atomic E-state index is 13.1. The molecule has 2 saturated heterocycles. The largest absolute Gasteiger partial charge is 0.492 e. The van der Waals surface area contributed by atoms with Gasteiger partial charge in [-0.1, -0.05) is 11.6 Å². The number of nitrogens with one attached hydrogen (secondary N) is 2. The van der Waals surface area contributed by atoms with Gasteiger partial charge in [0, 0.05) is 62.5 Å². The Morgan fingerprint density at radius 3 is 2.28 bits per heavy atom. The number of carbonyl (C=O) groups is 5. The Hall–Kier alpha value is -5.45. The van der Waals surface area contributed by atoms with Gasteiger partial charge in [0.25, 0.3) is 17.7 Å². The minimum absolute atomic E-state index is 0.0331. The van der Waals surface area contributed by atoms with E-state index in [1.807, 2.05) is 30.3 Å². The Balaban J connectivity index is 0.822. The fraction of sp³-hybridized carbons (Fsp3) is 0.385. The minimum atomic E-state index is -1.01. The highest BCUT2D eigenvalue weighted by Gasteiger charge is 2.44. The second-order valence-electron chi connectivity index (χ2n) is 13.7. The Kier molecular flexibility index (Phi) is 10.6. The van der Waals surface area contributed by atoms with Crippen LogP contribution >= 0.6 is 11.6 Å². The molecule has 5 amide bonds. The topological polar surface area (TPSA) is 161 Å². The van der Waals surface area contributed by atoms with E-state index < -0.39 is 29.7 Å². The Labute approximate surface area is 311 Å². The second kappa shape index (κ2) is 15.7. The Bertz CT molecular complexity index is 1970. The molecule has 0 radical (unpaired) electrons. The molecule has 3 aromatic rings. The van der Waals surface area contributed by atoms with Crippen molar-refractivity contribution >= 4 is 46.8 Å². The highest BCUT2D eigenvalue weighted by Crippen LogP contribution is 2.31. The summed E-state index contributed by atoms with van der Waals surface area (Å²) in [7, 11) is 0. The Morgan fingerprint density at radius 1 is 0.868 bits per heavy atom. The zero-order valence-corrected chi connectivity index (χ0v) is 29.8. The molecule has 4 aliphatic rings. The minimum Gasteiger partial charge on any atom is -0.492 e. The molecular weight excluding hydrogens is 700 g/mol. The van der Waals surface area contributed by atoms with E-state index >= 15 is 0 Å². The first-order valence-corrected chi connectivity index (χ1v) is 18.3. The van der Waals surface area contributed by atoms with Crippen LogP contribution in [0.3, 0.4) is 0 Å².